The Morgan fingerprint density at radius 1 is 1.29 bits per heavy atom. The van der Waals surface area contributed by atoms with Crippen molar-refractivity contribution in [1.29, 1.82) is 0 Å². The number of aromatic nitrogens is 4. The summed E-state index contributed by atoms with van der Waals surface area (Å²) in [7, 11) is 0. The fourth-order valence-electron chi connectivity index (χ4n) is 2.83. The van der Waals surface area contributed by atoms with Crippen LogP contribution in [0.1, 0.15) is 37.4 Å². The Labute approximate surface area is 122 Å². The molecule has 1 amide bonds. The van der Waals surface area contributed by atoms with Crippen molar-refractivity contribution >= 4 is 17.4 Å². The summed E-state index contributed by atoms with van der Waals surface area (Å²) in [5.74, 6) is 2.28. The molecule has 2 aliphatic rings. The third-order valence-corrected chi connectivity index (χ3v) is 4.16. The van der Waals surface area contributed by atoms with E-state index < -0.39 is 0 Å². The van der Waals surface area contributed by atoms with E-state index in [2.05, 4.69) is 20.5 Å². The minimum absolute atomic E-state index is 0.123. The molecule has 3 heterocycles. The van der Waals surface area contributed by atoms with E-state index in [0.717, 1.165) is 31.8 Å². The molecule has 0 atom stereocenters. The highest BCUT2D eigenvalue weighted by atomic mass is 16.2. The van der Waals surface area contributed by atoms with Crippen LogP contribution in [0.15, 0.2) is 12.4 Å². The molecule has 110 valence electrons. The quantitative estimate of drug-likeness (QED) is 0.908. The van der Waals surface area contributed by atoms with E-state index in [9.17, 15) is 4.79 Å². The topological polar surface area (TPSA) is 75.4 Å². The Hall–Kier alpha value is -2.18. The molecule has 7 heteroatoms. The van der Waals surface area contributed by atoms with Crippen LogP contribution in [0.3, 0.4) is 0 Å². The summed E-state index contributed by atoms with van der Waals surface area (Å²) in [6.07, 6.45) is 8.18. The van der Waals surface area contributed by atoms with Crippen LogP contribution in [-0.4, -0.2) is 50.0 Å². The van der Waals surface area contributed by atoms with Crippen molar-refractivity contribution in [3.05, 3.63) is 18.2 Å². The lowest BCUT2D eigenvalue weighted by Crippen LogP contribution is -2.33. The Morgan fingerprint density at radius 2 is 2.10 bits per heavy atom. The summed E-state index contributed by atoms with van der Waals surface area (Å²) in [5.41, 5.74) is 0.702. The third-order valence-electron chi connectivity index (χ3n) is 4.16. The van der Waals surface area contributed by atoms with Crippen molar-refractivity contribution in [2.75, 3.05) is 25.0 Å². The lowest BCUT2D eigenvalue weighted by atomic mass is 10.4. The van der Waals surface area contributed by atoms with Gasteiger partial charge in [0.05, 0.1) is 6.54 Å². The van der Waals surface area contributed by atoms with E-state index in [1.807, 2.05) is 15.5 Å². The number of likely N-dealkylation sites (tertiary alicyclic amines) is 1. The molecule has 21 heavy (non-hydrogen) atoms. The van der Waals surface area contributed by atoms with Crippen LogP contribution in [0.25, 0.3) is 5.65 Å². The number of amides is 1. The summed E-state index contributed by atoms with van der Waals surface area (Å²) in [6, 6.07) is 0. The highest BCUT2D eigenvalue weighted by molar-refractivity contribution is 5.82. The van der Waals surface area contributed by atoms with Gasteiger partial charge < -0.3 is 10.2 Å². The van der Waals surface area contributed by atoms with Crippen LogP contribution in [0, 0.1) is 0 Å². The van der Waals surface area contributed by atoms with Gasteiger partial charge in [-0.25, -0.2) is 4.98 Å². The molecule has 0 spiro atoms. The number of rotatable bonds is 4. The Bertz CT molecular complexity index is 671. The number of nitrogens with zero attached hydrogens (tertiary/aromatic N) is 5. The molecule has 2 aromatic heterocycles. The Balaban J connectivity index is 1.52. The fraction of sp³-hybridized carbons (Fsp3) is 0.571. The average molecular weight is 286 g/mol. The molecule has 1 N–H and O–H groups in total. The first-order chi connectivity index (χ1) is 10.3. The maximum absolute atomic E-state index is 12.1. The molecule has 2 fully saturated rings. The van der Waals surface area contributed by atoms with Crippen molar-refractivity contribution < 1.29 is 4.79 Å². The molecule has 7 nitrogen and oxygen atoms in total. The molecule has 0 unspecified atom stereocenters. The predicted molar refractivity (Wildman–Crippen MR) is 77.1 cm³/mol. The second kappa shape index (κ2) is 4.98. The highest BCUT2D eigenvalue weighted by Crippen LogP contribution is 2.39. The number of carbonyl (C=O) groups excluding carboxylic acids is 1. The first-order valence-corrected chi connectivity index (χ1v) is 7.54. The molecule has 1 aliphatic carbocycles. The van der Waals surface area contributed by atoms with Gasteiger partial charge in [-0.05, 0) is 25.7 Å². The van der Waals surface area contributed by atoms with Gasteiger partial charge in [-0.2, -0.15) is 0 Å². The average Bonchev–Trinajstić information content (AvgIpc) is 3.04. The first-order valence-electron chi connectivity index (χ1n) is 7.54. The highest BCUT2D eigenvalue weighted by Gasteiger charge is 2.29. The van der Waals surface area contributed by atoms with Gasteiger partial charge in [0, 0.05) is 31.4 Å². The molecule has 0 bridgehead atoms. The standard InChI is InChI=1S/C14H18N6O/c21-11(19-6-1-2-7-19)9-16-12-14-18-17-13(10-3-4-10)20(14)8-5-15-12/h5,8,10H,1-4,6-7,9H2,(H,15,16). The number of nitrogens with one attached hydrogen (secondary N) is 1. The van der Waals surface area contributed by atoms with Gasteiger partial charge in [0.25, 0.3) is 0 Å². The summed E-state index contributed by atoms with van der Waals surface area (Å²) in [5, 5.41) is 11.6. The molecular formula is C14H18N6O. The lowest BCUT2D eigenvalue weighted by molar-refractivity contribution is -0.128. The normalized spacial score (nSPS) is 18.4. The van der Waals surface area contributed by atoms with Crippen LogP contribution in [0.5, 0.6) is 0 Å². The number of carbonyl (C=O) groups is 1. The van der Waals surface area contributed by atoms with E-state index in [0.29, 0.717) is 17.4 Å². The van der Waals surface area contributed by atoms with Gasteiger partial charge >= 0.3 is 0 Å². The van der Waals surface area contributed by atoms with Gasteiger partial charge in [0.1, 0.15) is 5.82 Å². The summed E-state index contributed by atoms with van der Waals surface area (Å²) in [4.78, 5) is 18.3. The molecule has 1 aliphatic heterocycles. The number of fused-ring (bicyclic) bond motifs is 1. The molecule has 1 saturated heterocycles. The first kappa shape index (κ1) is 12.6. The third kappa shape index (κ3) is 2.32. The van der Waals surface area contributed by atoms with E-state index >= 15 is 0 Å². The maximum atomic E-state index is 12.1. The number of hydrogen-bond donors (Lipinski definition) is 1. The Morgan fingerprint density at radius 3 is 2.86 bits per heavy atom. The SMILES string of the molecule is O=C(CNc1nccn2c(C3CC3)nnc12)N1CCCC1. The van der Waals surface area contributed by atoms with Gasteiger partial charge in [-0.1, -0.05) is 0 Å². The molecule has 1 saturated carbocycles. The van der Waals surface area contributed by atoms with Crippen LogP contribution >= 0.6 is 0 Å². The lowest BCUT2D eigenvalue weighted by Gasteiger charge is -2.15. The monoisotopic (exact) mass is 286 g/mol. The van der Waals surface area contributed by atoms with Gasteiger partial charge in [0.15, 0.2) is 5.82 Å². The zero-order chi connectivity index (χ0) is 14.2. The molecule has 2 aromatic rings. The Kier molecular flexibility index (Phi) is 2.98. The van der Waals surface area contributed by atoms with E-state index in [4.69, 9.17) is 0 Å². The van der Waals surface area contributed by atoms with Gasteiger partial charge in [-0.3, -0.25) is 9.20 Å². The zero-order valence-corrected chi connectivity index (χ0v) is 11.8. The van der Waals surface area contributed by atoms with Crippen LogP contribution < -0.4 is 5.32 Å². The van der Waals surface area contributed by atoms with Gasteiger partial charge in [-0.15, -0.1) is 10.2 Å². The van der Waals surface area contributed by atoms with Crippen molar-refractivity contribution in [2.45, 2.75) is 31.6 Å². The molecule has 0 aromatic carbocycles. The maximum Gasteiger partial charge on any atom is 0.241 e. The number of anilines is 1. The summed E-state index contributed by atoms with van der Waals surface area (Å²) in [6.45, 7) is 2.00. The van der Waals surface area contributed by atoms with Crippen molar-refractivity contribution in [3.63, 3.8) is 0 Å². The molecule has 0 radical (unpaired) electrons. The van der Waals surface area contributed by atoms with Crippen molar-refractivity contribution in [3.8, 4) is 0 Å². The summed E-state index contributed by atoms with van der Waals surface area (Å²) < 4.78 is 1.98. The van der Waals surface area contributed by atoms with E-state index in [1.54, 1.807) is 6.20 Å². The van der Waals surface area contributed by atoms with Crippen LogP contribution in [0.2, 0.25) is 0 Å². The predicted octanol–water partition coefficient (Wildman–Crippen LogP) is 1.04. The fourth-order valence-corrected chi connectivity index (χ4v) is 2.83. The largest absolute Gasteiger partial charge is 0.358 e. The van der Waals surface area contributed by atoms with E-state index in [-0.39, 0.29) is 12.5 Å². The minimum Gasteiger partial charge on any atom is -0.358 e. The summed E-state index contributed by atoms with van der Waals surface area (Å²) >= 11 is 0. The van der Waals surface area contributed by atoms with Crippen molar-refractivity contribution in [2.24, 2.45) is 0 Å². The van der Waals surface area contributed by atoms with Crippen LogP contribution in [0.4, 0.5) is 5.82 Å². The number of hydrogen-bond acceptors (Lipinski definition) is 5. The zero-order valence-electron chi connectivity index (χ0n) is 11.8. The van der Waals surface area contributed by atoms with Crippen molar-refractivity contribution in [1.82, 2.24) is 24.5 Å². The second-order valence-electron chi connectivity index (χ2n) is 5.74. The molecular weight excluding hydrogens is 268 g/mol. The minimum atomic E-state index is 0.123. The van der Waals surface area contributed by atoms with E-state index in [1.165, 1.54) is 12.8 Å². The molecule has 4 rings (SSSR count). The van der Waals surface area contributed by atoms with Crippen LogP contribution in [-0.2, 0) is 4.79 Å². The smallest absolute Gasteiger partial charge is 0.241 e. The second-order valence-corrected chi connectivity index (χ2v) is 5.74. The van der Waals surface area contributed by atoms with Gasteiger partial charge in [0.2, 0.25) is 11.6 Å².